The Morgan fingerprint density at radius 3 is 2.41 bits per heavy atom. The van der Waals surface area contributed by atoms with Crippen LogP contribution in [0.3, 0.4) is 0 Å². The molecule has 0 fully saturated rings. The van der Waals surface area contributed by atoms with Crippen LogP contribution in [0.15, 0.2) is 83.3 Å². The molecule has 0 saturated carbocycles. The maximum Gasteiger partial charge on any atom is 0.247 e. The number of ether oxygens (including phenoxy) is 1. The van der Waals surface area contributed by atoms with E-state index in [0.717, 1.165) is 22.4 Å². The first kappa shape index (κ1) is 18.8. The summed E-state index contributed by atoms with van der Waals surface area (Å²) in [4.78, 5) is 0. The lowest BCUT2D eigenvalue weighted by molar-refractivity contribution is 0.401. The van der Waals surface area contributed by atoms with Gasteiger partial charge < -0.3 is 9.15 Å². The summed E-state index contributed by atoms with van der Waals surface area (Å²) in [5, 5.41) is 11.9. The van der Waals surface area contributed by atoms with E-state index in [0.29, 0.717) is 18.3 Å². The van der Waals surface area contributed by atoms with Gasteiger partial charge in [-0.2, -0.15) is 0 Å². The number of nitrogens with one attached hydrogen (secondary N) is 1. The molecule has 4 rings (SSSR count). The fraction of sp³-hybridized carbons (Fsp3) is 0.130. The summed E-state index contributed by atoms with van der Waals surface area (Å²) in [6.07, 6.45) is 0. The van der Waals surface area contributed by atoms with Gasteiger partial charge in [0.25, 0.3) is 0 Å². The van der Waals surface area contributed by atoms with Crippen LogP contribution in [0.25, 0.3) is 11.5 Å². The Bertz CT molecular complexity index is 1060. The lowest BCUT2D eigenvalue weighted by atomic mass is 10.1. The van der Waals surface area contributed by atoms with Gasteiger partial charge in [-0.1, -0.05) is 48.5 Å². The van der Waals surface area contributed by atoms with Crippen molar-refractivity contribution in [3.05, 3.63) is 102 Å². The Kier molecular flexibility index (Phi) is 5.63. The second-order valence-corrected chi connectivity index (χ2v) is 6.49. The van der Waals surface area contributed by atoms with E-state index in [-0.39, 0.29) is 5.82 Å². The van der Waals surface area contributed by atoms with Crippen LogP contribution in [0.1, 0.15) is 23.1 Å². The van der Waals surface area contributed by atoms with Crippen molar-refractivity contribution in [2.45, 2.75) is 12.6 Å². The van der Waals surface area contributed by atoms with Gasteiger partial charge in [0.2, 0.25) is 11.8 Å². The highest BCUT2D eigenvalue weighted by Crippen LogP contribution is 2.26. The van der Waals surface area contributed by atoms with Crippen molar-refractivity contribution in [1.82, 2.24) is 15.5 Å². The molecule has 0 saturated heterocycles. The fourth-order valence-electron chi connectivity index (χ4n) is 3.11. The number of aromatic nitrogens is 2. The van der Waals surface area contributed by atoms with Gasteiger partial charge in [-0.05, 0) is 35.9 Å². The number of hydrogen-bond donors (Lipinski definition) is 1. The first-order chi connectivity index (χ1) is 14.2. The van der Waals surface area contributed by atoms with Crippen LogP contribution in [-0.4, -0.2) is 17.3 Å². The van der Waals surface area contributed by atoms with Crippen LogP contribution in [0.5, 0.6) is 5.75 Å². The van der Waals surface area contributed by atoms with E-state index in [1.54, 1.807) is 19.2 Å². The third-order valence-electron chi connectivity index (χ3n) is 4.60. The lowest BCUT2D eigenvalue weighted by Crippen LogP contribution is -2.22. The Hall–Kier alpha value is -3.51. The second kappa shape index (κ2) is 8.67. The van der Waals surface area contributed by atoms with Crippen molar-refractivity contribution in [2.24, 2.45) is 0 Å². The summed E-state index contributed by atoms with van der Waals surface area (Å²) in [6.45, 7) is 0.509. The van der Waals surface area contributed by atoms with Gasteiger partial charge in [0, 0.05) is 17.7 Å². The van der Waals surface area contributed by atoms with E-state index in [4.69, 9.17) is 9.15 Å². The molecule has 1 N–H and O–H groups in total. The van der Waals surface area contributed by atoms with Crippen LogP contribution in [0.2, 0.25) is 0 Å². The summed E-state index contributed by atoms with van der Waals surface area (Å²) in [5.41, 5.74) is 2.66. The number of halogens is 1. The summed E-state index contributed by atoms with van der Waals surface area (Å²) in [6, 6.07) is 23.2. The number of hydrogen-bond acceptors (Lipinski definition) is 5. The monoisotopic (exact) mass is 389 g/mol. The summed E-state index contributed by atoms with van der Waals surface area (Å²) in [5.74, 6) is 1.33. The molecular weight excluding hydrogens is 369 g/mol. The van der Waals surface area contributed by atoms with Crippen LogP contribution in [0.4, 0.5) is 4.39 Å². The zero-order valence-electron chi connectivity index (χ0n) is 15.9. The van der Waals surface area contributed by atoms with Gasteiger partial charge in [0.05, 0.1) is 7.11 Å². The van der Waals surface area contributed by atoms with E-state index in [9.17, 15) is 4.39 Å². The van der Waals surface area contributed by atoms with Crippen molar-refractivity contribution in [3.8, 4) is 17.2 Å². The Morgan fingerprint density at radius 1 is 0.931 bits per heavy atom. The van der Waals surface area contributed by atoms with E-state index in [1.165, 1.54) is 12.1 Å². The fourth-order valence-corrected chi connectivity index (χ4v) is 3.11. The van der Waals surface area contributed by atoms with Crippen LogP contribution >= 0.6 is 0 Å². The molecule has 146 valence electrons. The number of nitrogens with zero attached hydrogens (tertiary/aromatic N) is 2. The Morgan fingerprint density at radius 2 is 1.66 bits per heavy atom. The second-order valence-electron chi connectivity index (χ2n) is 6.49. The van der Waals surface area contributed by atoms with Crippen LogP contribution in [0, 0.1) is 5.82 Å². The molecule has 4 aromatic rings. The van der Waals surface area contributed by atoms with E-state index >= 15 is 0 Å². The van der Waals surface area contributed by atoms with E-state index in [1.807, 2.05) is 54.6 Å². The first-order valence-corrected chi connectivity index (χ1v) is 9.24. The molecule has 1 aromatic heterocycles. The predicted molar refractivity (Wildman–Crippen MR) is 108 cm³/mol. The van der Waals surface area contributed by atoms with Crippen molar-refractivity contribution in [3.63, 3.8) is 0 Å². The lowest BCUT2D eigenvalue weighted by Gasteiger charge is -2.17. The van der Waals surface area contributed by atoms with E-state index in [2.05, 4.69) is 15.5 Å². The minimum Gasteiger partial charge on any atom is -0.496 e. The molecule has 0 bridgehead atoms. The molecular formula is C23H20FN3O2. The molecule has 0 radical (unpaired) electrons. The highest BCUT2D eigenvalue weighted by Gasteiger charge is 2.21. The largest absolute Gasteiger partial charge is 0.496 e. The molecule has 5 nitrogen and oxygen atoms in total. The third-order valence-corrected chi connectivity index (χ3v) is 4.60. The normalized spacial score (nSPS) is 11.9. The molecule has 3 aromatic carbocycles. The van der Waals surface area contributed by atoms with Crippen LogP contribution < -0.4 is 10.1 Å². The van der Waals surface area contributed by atoms with Gasteiger partial charge in [0.15, 0.2) is 0 Å². The standard InChI is InChI=1S/C23H20FN3O2/c1-28-20-10-6-5-9-18(20)15-25-21(16-11-13-19(24)14-12-16)23-27-26-22(29-23)17-7-3-2-4-8-17/h2-14,21,25H,15H2,1H3/t21-/m0/s1. The third kappa shape index (κ3) is 4.33. The molecule has 0 spiro atoms. The SMILES string of the molecule is COc1ccccc1CN[C@@H](c1ccc(F)cc1)c1nnc(-c2ccccc2)o1. The maximum absolute atomic E-state index is 13.4. The predicted octanol–water partition coefficient (Wildman–Crippen LogP) is 4.76. The molecule has 0 unspecified atom stereocenters. The molecule has 0 amide bonds. The molecule has 29 heavy (non-hydrogen) atoms. The molecule has 6 heteroatoms. The van der Waals surface area contributed by atoms with Gasteiger partial charge >= 0.3 is 0 Å². The molecule has 1 heterocycles. The summed E-state index contributed by atoms with van der Waals surface area (Å²) >= 11 is 0. The van der Waals surface area contributed by atoms with Gasteiger partial charge in [-0.15, -0.1) is 10.2 Å². The van der Waals surface area contributed by atoms with Crippen molar-refractivity contribution in [2.75, 3.05) is 7.11 Å². The number of methoxy groups -OCH3 is 1. The minimum absolute atomic E-state index is 0.298. The van der Waals surface area contributed by atoms with Gasteiger partial charge in [-0.3, -0.25) is 5.32 Å². The minimum atomic E-state index is -0.398. The number of rotatable bonds is 7. The topological polar surface area (TPSA) is 60.2 Å². The smallest absolute Gasteiger partial charge is 0.247 e. The molecule has 0 aliphatic carbocycles. The van der Waals surface area contributed by atoms with Crippen LogP contribution in [-0.2, 0) is 6.54 Å². The summed E-state index contributed by atoms with van der Waals surface area (Å²) in [7, 11) is 1.64. The highest BCUT2D eigenvalue weighted by molar-refractivity contribution is 5.51. The maximum atomic E-state index is 13.4. The van der Waals surface area contributed by atoms with Crippen molar-refractivity contribution >= 4 is 0 Å². The highest BCUT2D eigenvalue weighted by atomic mass is 19.1. The average Bonchev–Trinajstić information content (AvgIpc) is 3.26. The molecule has 1 atom stereocenters. The average molecular weight is 389 g/mol. The molecule has 0 aliphatic rings. The first-order valence-electron chi connectivity index (χ1n) is 9.24. The number of para-hydroxylation sites is 1. The van der Waals surface area contributed by atoms with Gasteiger partial charge in [0.1, 0.15) is 17.6 Å². The summed E-state index contributed by atoms with van der Waals surface area (Å²) < 4.78 is 24.8. The zero-order valence-corrected chi connectivity index (χ0v) is 15.9. The van der Waals surface area contributed by atoms with Crippen molar-refractivity contribution in [1.29, 1.82) is 0 Å². The van der Waals surface area contributed by atoms with Gasteiger partial charge in [-0.25, -0.2) is 4.39 Å². The Balaban J connectivity index is 1.64. The Labute approximate surface area is 168 Å². The van der Waals surface area contributed by atoms with Crippen molar-refractivity contribution < 1.29 is 13.5 Å². The quantitative estimate of drug-likeness (QED) is 0.494. The van der Waals surface area contributed by atoms with E-state index < -0.39 is 6.04 Å². The zero-order chi connectivity index (χ0) is 20.1. The molecule has 0 aliphatic heterocycles. The number of benzene rings is 3.